The maximum Gasteiger partial charge on any atom is 0.281 e. The molecule has 2 saturated heterocycles. The van der Waals surface area contributed by atoms with Crippen molar-refractivity contribution in [3.05, 3.63) is 35.6 Å². The van der Waals surface area contributed by atoms with Crippen molar-refractivity contribution in [3.8, 4) is 0 Å². The number of hydrogen-bond acceptors (Lipinski definition) is 4. The molecule has 3 rings (SSSR count). The number of carbonyl (C=O) groups excluding carboxylic acids is 2. The number of halogens is 1. The van der Waals surface area contributed by atoms with Gasteiger partial charge in [-0.2, -0.15) is 0 Å². The van der Waals surface area contributed by atoms with Gasteiger partial charge >= 0.3 is 0 Å². The zero-order valence-electron chi connectivity index (χ0n) is 12.7. The molecule has 2 heterocycles. The van der Waals surface area contributed by atoms with Crippen LogP contribution in [0.15, 0.2) is 24.3 Å². The molecule has 0 radical (unpaired) electrons. The Kier molecular flexibility index (Phi) is 5.17. The van der Waals surface area contributed by atoms with E-state index in [1.165, 1.54) is 23.9 Å². The second-order valence-electron chi connectivity index (χ2n) is 5.60. The highest BCUT2D eigenvalue weighted by Gasteiger charge is 2.27. The Morgan fingerprint density at radius 2 is 2.09 bits per heavy atom. The minimum atomic E-state index is -0.286. The van der Waals surface area contributed by atoms with Gasteiger partial charge < -0.3 is 14.5 Å². The first-order valence-electron chi connectivity index (χ1n) is 7.70. The number of ether oxygens (including phenoxy) is 1. The molecular formula is C16H19FN2O3S. The Labute approximate surface area is 138 Å². The van der Waals surface area contributed by atoms with Crippen LogP contribution in [0, 0.1) is 5.82 Å². The molecule has 0 N–H and O–H groups in total. The lowest BCUT2D eigenvalue weighted by Gasteiger charge is -2.33. The van der Waals surface area contributed by atoms with Crippen molar-refractivity contribution in [2.75, 3.05) is 38.5 Å². The summed E-state index contributed by atoms with van der Waals surface area (Å²) < 4.78 is 18.7. The smallest absolute Gasteiger partial charge is 0.281 e. The van der Waals surface area contributed by atoms with Gasteiger partial charge in [-0.1, -0.05) is 23.9 Å². The van der Waals surface area contributed by atoms with Crippen LogP contribution < -0.4 is 0 Å². The zero-order valence-corrected chi connectivity index (χ0v) is 13.6. The molecule has 0 saturated carbocycles. The van der Waals surface area contributed by atoms with E-state index < -0.39 is 0 Å². The average Bonchev–Trinajstić information content (AvgIpc) is 2.98. The van der Waals surface area contributed by atoms with Crippen LogP contribution in [0.1, 0.15) is 18.1 Å². The normalized spacial score (nSPS) is 21.8. The van der Waals surface area contributed by atoms with Crippen LogP contribution in [-0.4, -0.2) is 59.5 Å². The summed E-state index contributed by atoms with van der Waals surface area (Å²) in [6.07, 6.45) is 0.111. The first-order chi connectivity index (χ1) is 11.1. The van der Waals surface area contributed by atoms with Gasteiger partial charge in [-0.3, -0.25) is 9.59 Å². The number of rotatable bonds is 4. The Morgan fingerprint density at radius 3 is 2.78 bits per heavy atom. The summed E-state index contributed by atoms with van der Waals surface area (Å²) in [5.74, 6) is 0.549. The van der Waals surface area contributed by atoms with E-state index in [9.17, 15) is 14.0 Å². The predicted molar refractivity (Wildman–Crippen MR) is 85.7 cm³/mol. The molecule has 23 heavy (non-hydrogen) atoms. The molecule has 2 aliphatic heterocycles. The van der Waals surface area contributed by atoms with Crippen LogP contribution in [0.5, 0.6) is 0 Å². The molecule has 1 aromatic carbocycles. The van der Waals surface area contributed by atoms with E-state index >= 15 is 0 Å². The number of amides is 2. The highest BCUT2D eigenvalue weighted by molar-refractivity contribution is 8.13. The standard InChI is InChI=1S/C16H19FN2O3S/c17-13-3-1-12(2-4-13)14-11-19(7-9-22-14)15(20)5-6-18-8-10-23-16(18)21/h1-4,14H,5-11H2/t14-/m0/s1. The lowest BCUT2D eigenvalue weighted by Crippen LogP contribution is -2.43. The number of nitrogens with zero attached hydrogens (tertiary/aromatic N) is 2. The summed E-state index contributed by atoms with van der Waals surface area (Å²) in [7, 11) is 0. The summed E-state index contributed by atoms with van der Waals surface area (Å²) >= 11 is 1.30. The molecule has 0 spiro atoms. The SMILES string of the molecule is O=C(CCN1CCSC1=O)N1CCO[C@H](c2ccc(F)cc2)C1. The molecule has 1 aromatic rings. The molecule has 124 valence electrons. The number of morpholine rings is 1. The van der Waals surface area contributed by atoms with Crippen molar-refractivity contribution in [2.24, 2.45) is 0 Å². The van der Waals surface area contributed by atoms with Gasteiger partial charge in [-0.15, -0.1) is 0 Å². The fraction of sp³-hybridized carbons (Fsp3) is 0.500. The predicted octanol–water partition coefficient (Wildman–Crippen LogP) is 2.28. The van der Waals surface area contributed by atoms with Crippen LogP contribution in [-0.2, 0) is 9.53 Å². The van der Waals surface area contributed by atoms with E-state index in [1.807, 2.05) is 0 Å². The third-order valence-corrected chi connectivity index (χ3v) is 4.99. The van der Waals surface area contributed by atoms with E-state index in [1.54, 1.807) is 21.9 Å². The Bertz CT molecular complexity index is 581. The largest absolute Gasteiger partial charge is 0.370 e. The molecule has 7 heteroatoms. The van der Waals surface area contributed by atoms with Crippen molar-refractivity contribution in [3.63, 3.8) is 0 Å². The first-order valence-corrected chi connectivity index (χ1v) is 8.68. The van der Waals surface area contributed by atoms with E-state index in [2.05, 4.69) is 0 Å². The lowest BCUT2D eigenvalue weighted by molar-refractivity contribution is -0.139. The van der Waals surface area contributed by atoms with Gasteiger partial charge in [-0.25, -0.2) is 4.39 Å². The number of carbonyl (C=O) groups is 2. The summed E-state index contributed by atoms with van der Waals surface area (Å²) in [4.78, 5) is 27.4. The van der Waals surface area contributed by atoms with Gasteiger partial charge in [0.05, 0.1) is 13.2 Å². The Morgan fingerprint density at radius 1 is 1.30 bits per heavy atom. The van der Waals surface area contributed by atoms with Crippen molar-refractivity contribution in [1.29, 1.82) is 0 Å². The molecule has 5 nitrogen and oxygen atoms in total. The molecule has 2 amide bonds. The second kappa shape index (κ2) is 7.31. The van der Waals surface area contributed by atoms with E-state index in [0.717, 1.165) is 17.9 Å². The quantitative estimate of drug-likeness (QED) is 0.845. The number of thioether (sulfide) groups is 1. The fourth-order valence-corrected chi connectivity index (χ4v) is 3.62. The molecule has 0 unspecified atom stereocenters. The van der Waals surface area contributed by atoms with Crippen molar-refractivity contribution in [1.82, 2.24) is 9.80 Å². The van der Waals surface area contributed by atoms with E-state index in [-0.39, 0.29) is 23.1 Å². The highest BCUT2D eigenvalue weighted by atomic mass is 32.2. The van der Waals surface area contributed by atoms with Crippen molar-refractivity contribution >= 4 is 22.9 Å². The van der Waals surface area contributed by atoms with Gasteiger partial charge in [0.2, 0.25) is 5.91 Å². The minimum absolute atomic E-state index is 0.0325. The minimum Gasteiger partial charge on any atom is -0.370 e. The molecule has 0 aromatic heterocycles. The van der Waals surface area contributed by atoms with Gasteiger partial charge in [0.25, 0.3) is 5.24 Å². The van der Waals surface area contributed by atoms with Crippen LogP contribution in [0.4, 0.5) is 9.18 Å². The molecule has 2 aliphatic rings. The topological polar surface area (TPSA) is 49.9 Å². The third-order valence-electron chi connectivity index (χ3n) is 4.10. The third kappa shape index (κ3) is 4.03. The molecular weight excluding hydrogens is 319 g/mol. The summed E-state index contributed by atoms with van der Waals surface area (Å²) in [5.41, 5.74) is 0.870. The first kappa shape index (κ1) is 16.3. The molecule has 1 atom stereocenters. The lowest BCUT2D eigenvalue weighted by atomic mass is 10.1. The Balaban J connectivity index is 1.54. The molecule has 2 fully saturated rings. The monoisotopic (exact) mass is 338 g/mol. The Hall–Kier alpha value is -1.60. The summed E-state index contributed by atoms with van der Waals surface area (Å²) in [6, 6.07) is 6.18. The van der Waals surface area contributed by atoms with Crippen molar-refractivity contribution in [2.45, 2.75) is 12.5 Å². The zero-order chi connectivity index (χ0) is 16.2. The maximum absolute atomic E-state index is 13.0. The van der Waals surface area contributed by atoms with Gasteiger partial charge in [0, 0.05) is 31.8 Å². The number of benzene rings is 1. The van der Waals surface area contributed by atoms with Crippen LogP contribution in [0.2, 0.25) is 0 Å². The second-order valence-corrected chi connectivity index (χ2v) is 6.65. The fourth-order valence-electron chi connectivity index (χ4n) is 2.77. The maximum atomic E-state index is 13.0. The number of hydrogen-bond donors (Lipinski definition) is 0. The highest BCUT2D eigenvalue weighted by Crippen LogP contribution is 2.23. The molecule has 0 aliphatic carbocycles. The van der Waals surface area contributed by atoms with Crippen LogP contribution in [0.3, 0.4) is 0 Å². The molecule has 0 bridgehead atoms. The van der Waals surface area contributed by atoms with Gasteiger partial charge in [0.1, 0.15) is 11.9 Å². The van der Waals surface area contributed by atoms with Crippen LogP contribution in [0.25, 0.3) is 0 Å². The summed E-state index contributed by atoms with van der Waals surface area (Å²) in [5, 5.41) is 0.0592. The van der Waals surface area contributed by atoms with Crippen molar-refractivity contribution < 1.29 is 18.7 Å². The van der Waals surface area contributed by atoms with E-state index in [0.29, 0.717) is 32.7 Å². The summed E-state index contributed by atoms with van der Waals surface area (Å²) in [6.45, 7) is 2.68. The average molecular weight is 338 g/mol. The van der Waals surface area contributed by atoms with Gasteiger partial charge in [0.15, 0.2) is 0 Å². The van der Waals surface area contributed by atoms with E-state index in [4.69, 9.17) is 4.74 Å². The van der Waals surface area contributed by atoms with Crippen LogP contribution >= 0.6 is 11.8 Å². The van der Waals surface area contributed by atoms with Gasteiger partial charge in [-0.05, 0) is 17.7 Å².